The lowest BCUT2D eigenvalue weighted by Gasteiger charge is -2.18. The molecule has 0 spiro atoms. The van der Waals surface area contributed by atoms with E-state index in [1.165, 1.54) is 126 Å². The van der Waals surface area contributed by atoms with Gasteiger partial charge in [0.15, 0.2) is 0 Å². The Morgan fingerprint density at radius 3 is 1.15 bits per heavy atom. The molecule has 2 nitrogen and oxygen atoms in total. The first-order chi connectivity index (χ1) is 42.6. The van der Waals surface area contributed by atoms with Gasteiger partial charge in [0.2, 0.25) is 0 Å². The lowest BCUT2D eigenvalue weighted by molar-refractivity contribution is 0.669. The number of rotatable bonds is 7. The first kappa shape index (κ1) is 48.2. The second-order valence-corrected chi connectivity index (χ2v) is 22.9. The zero-order valence-corrected chi connectivity index (χ0v) is 46.7. The maximum atomic E-state index is 6.88. The maximum absolute atomic E-state index is 6.88. The third-order valence-corrected chi connectivity index (χ3v) is 18.2. The zero-order chi connectivity index (χ0) is 56.4. The molecule has 2 heterocycles. The first-order valence-electron chi connectivity index (χ1n) is 29.6. The predicted octanol–water partition coefficient (Wildman–Crippen LogP) is 24.1. The normalized spacial score (nSPS) is 12.0. The maximum Gasteiger partial charge on any atom is 0.143 e. The lowest BCUT2D eigenvalue weighted by atomic mass is 9.85. The highest BCUT2D eigenvalue weighted by atomic mass is 16.3. The van der Waals surface area contributed by atoms with Crippen LogP contribution in [0, 0.1) is 0 Å². The van der Waals surface area contributed by atoms with Crippen molar-refractivity contribution in [2.45, 2.75) is 0 Å². The molecule has 0 aliphatic rings. The first-order valence-corrected chi connectivity index (χ1v) is 29.6. The van der Waals surface area contributed by atoms with Crippen LogP contribution >= 0.6 is 0 Å². The average Bonchev–Trinajstić information content (AvgIpc) is 2.46. The summed E-state index contributed by atoms with van der Waals surface area (Å²) in [6, 6.07) is 111. The Bertz CT molecular complexity index is 5720. The van der Waals surface area contributed by atoms with Gasteiger partial charge < -0.3 is 8.83 Å². The van der Waals surface area contributed by atoms with Crippen molar-refractivity contribution in [2.75, 3.05) is 0 Å². The van der Waals surface area contributed by atoms with Crippen molar-refractivity contribution in [3.63, 3.8) is 0 Å². The second kappa shape index (κ2) is 19.1. The molecule has 2 aromatic heterocycles. The Hall–Kier alpha value is -11.3. The molecular formula is C84H50O2. The van der Waals surface area contributed by atoms with Gasteiger partial charge in [-0.15, -0.1) is 0 Å². The van der Waals surface area contributed by atoms with Crippen LogP contribution < -0.4 is 0 Å². The summed E-state index contributed by atoms with van der Waals surface area (Å²) in [4.78, 5) is 0. The quantitative estimate of drug-likeness (QED) is 0.149. The minimum absolute atomic E-state index is 0.874. The van der Waals surface area contributed by atoms with E-state index in [9.17, 15) is 0 Å². The largest absolute Gasteiger partial charge is 0.456 e. The van der Waals surface area contributed by atoms with E-state index in [-0.39, 0.29) is 0 Å². The van der Waals surface area contributed by atoms with Gasteiger partial charge in [-0.3, -0.25) is 0 Å². The van der Waals surface area contributed by atoms with Gasteiger partial charge in [-0.2, -0.15) is 0 Å². The SMILES string of the molecule is c1cc(-c2cccc3ccccc23)cc(-c2c3ccccc3c(-c3ccc4oc5c(-c6ccc7cc(-c8ccc(-c9c%10ccccc%10c(-c%10ccc%11oc%12ccccc%12c%11c%10)c%10ccccc9%10)cc8)ccc7c6)cccc5c4c3)c3ccccc23)c1. The molecule has 398 valence electrons. The minimum Gasteiger partial charge on any atom is -0.456 e. The topological polar surface area (TPSA) is 26.3 Å². The van der Waals surface area contributed by atoms with Crippen LogP contribution in [0.25, 0.3) is 186 Å². The Labute approximate surface area is 495 Å². The van der Waals surface area contributed by atoms with E-state index in [2.05, 4.69) is 291 Å². The number of para-hydroxylation sites is 2. The summed E-state index contributed by atoms with van der Waals surface area (Å²) < 4.78 is 13.1. The number of hydrogen-bond acceptors (Lipinski definition) is 2. The Balaban J connectivity index is 0.680. The number of benzene rings is 16. The van der Waals surface area contributed by atoms with E-state index in [1.54, 1.807) is 0 Å². The minimum atomic E-state index is 0.874. The van der Waals surface area contributed by atoms with E-state index in [0.717, 1.165) is 60.6 Å². The molecule has 0 radical (unpaired) electrons. The summed E-state index contributed by atoms with van der Waals surface area (Å²) in [5.41, 5.74) is 20.3. The van der Waals surface area contributed by atoms with Crippen molar-refractivity contribution in [1.29, 1.82) is 0 Å². The van der Waals surface area contributed by atoms with Gasteiger partial charge in [0.1, 0.15) is 22.3 Å². The van der Waals surface area contributed by atoms with Gasteiger partial charge in [-0.25, -0.2) is 0 Å². The van der Waals surface area contributed by atoms with Gasteiger partial charge in [0, 0.05) is 27.1 Å². The molecule has 16 aromatic carbocycles. The summed E-state index contributed by atoms with van der Waals surface area (Å²) in [6.45, 7) is 0. The van der Waals surface area contributed by atoms with Crippen LogP contribution in [-0.4, -0.2) is 0 Å². The fourth-order valence-corrected chi connectivity index (χ4v) is 14.3. The Morgan fingerprint density at radius 2 is 0.535 bits per heavy atom. The summed E-state index contributed by atoms with van der Waals surface area (Å²) in [5, 5.41) is 19.2. The Morgan fingerprint density at radius 1 is 0.163 bits per heavy atom. The van der Waals surface area contributed by atoms with Gasteiger partial charge in [0.25, 0.3) is 0 Å². The van der Waals surface area contributed by atoms with Crippen molar-refractivity contribution in [1.82, 2.24) is 0 Å². The van der Waals surface area contributed by atoms with E-state index in [1.807, 2.05) is 12.1 Å². The van der Waals surface area contributed by atoms with E-state index < -0.39 is 0 Å². The van der Waals surface area contributed by atoms with Crippen LogP contribution in [0.1, 0.15) is 0 Å². The molecule has 86 heavy (non-hydrogen) atoms. The van der Waals surface area contributed by atoms with Crippen LogP contribution in [0.15, 0.2) is 312 Å². The molecule has 0 saturated carbocycles. The van der Waals surface area contributed by atoms with Crippen LogP contribution in [0.4, 0.5) is 0 Å². The Kier molecular flexibility index (Phi) is 10.7. The second-order valence-electron chi connectivity index (χ2n) is 22.9. The van der Waals surface area contributed by atoms with Crippen molar-refractivity contribution in [3.05, 3.63) is 303 Å². The van der Waals surface area contributed by atoms with Crippen molar-refractivity contribution in [2.24, 2.45) is 0 Å². The van der Waals surface area contributed by atoms with Crippen LogP contribution in [0.2, 0.25) is 0 Å². The fraction of sp³-hybridized carbons (Fsp3) is 0. The monoisotopic (exact) mass is 1090 g/mol. The molecule has 0 atom stereocenters. The molecular weight excluding hydrogens is 1040 g/mol. The molecule has 0 saturated heterocycles. The summed E-state index contributed by atoms with van der Waals surface area (Å²) in [7, 11) is 0. The fourth-order valence-electron chi connectivity index (χ4n) is 14.3. The van der Waals surface area contributed by atoms with Crippen LogP contribution in [0.5, 0.6) is 0 Å². The standard InChI is InChI=1S/C84H50O2/c1-2-20-62-52(16-1)17-14-30-63(62)57-18-13-19-59(48-57)81-70-26-7-9-28-72(70)83(73-29-10-8-27-71(73)81)61-43-45-79-76(50-61)74-32-15-31-64(84(74)86-79)58-41-40-55-46-54(38-39-56(55)47-58)51-34-36-53(37-35-51)80-66-22-3-5-24-68(66)82(69-25-6-4-23-67(69)80)60-42-44-78-75(49-60)65-21-11-12-33-77(65)85-78/h1-50H. The molecule has 18 rings (SSSR count). The summed E-state index contributed by atoms with van der Waals surface area (Å²) in [5.74, 6) is 0. The predicted molar refractivity (Wildman–Crippen MR) is 364 cm³/mol. The van der Waals surface area contributed by atoms with E-state index in [0.29, 0.717) is 0 Å². The van der Waals surface area contributed by atoms with E-state index >= 15 is 0 Å². The number of fused-ring (bicyclic) bond motifs is 12. The number of hydrogen-bond donors (Lipinski definition) is 0. The van der Waals surface area contributed by atoms with Gasteiger partial charge >= 0.3 is 0 Å². The lowest BCUT2D eigenvalue weighted by Crippen LogP contribution is -1.91. The average molecular weight is 1090 g/mol. The molecule has 0 aliphatic heterocycles. The van der Waals surface area contributed by atoms with Crippen molar-refractivity contribution < 1.29 is 8.83 Å². The van der Waals surface area contributed by atoms with Crippen molar-refractivity contribution >= 4 is 109 Å². The van der Waals surface area contributed by atoms with Crippen LogP contribution in [0.3, 0.4) is 0 Å². The molecule has 0 bridgehead atoms. The highest BCUT2D eigenvalue weighted by Crippen LogP contribution is 2.48. The van der Waals surface area contributed by atoms with Gasteiger partial charge in [0.05, 0.1) is 0 Å². The molecule has 0 aliphatic carbocycles. The summed E-state index contributed by atoms with van der Waals surface area (Å²) in [6.07, 6.45) is 0. The molecule has 2 heteroatoms. The molecule has 0 N–H and O–H groups in total. The van der Waals surface area contributed by atoms with Gasteiger partial charge in [-0.05, 0) is 185 Å². The third kappa shape index (κ3) is 7.53. The molecule has 18 aromatic rings. The van der Waals surface area contributed by atoms with E-state index in [4.69, 9.17) is 8.83 Å². The van der Waals surface area contributed by atoms with Crippen molar-refractivity contribution in [3.8, 4) is 77.9 Å². The van der Waals surface area contributed by atoms with Gasteiger partial charge in [-0.1, -0.05) is 255 Å². The smallest absolute Gasteiger partial charge is 0.143 e. The highest BCUT2D eigenvalue weighted by molar-refractivity contribution is 6.24. The highest BCUT2D eigenvalue weighted by Gasteiger charge is 2.22. The molecule has 0 unspecified atom stereocenters. The number of furan rings is 2. The third-order valence-electron chi connectivity index (χ3n) is 18.2. The van der Waals surface area contributed by atoms with Crippen LogP contribution in [-0.2, 0) is 0 Å². The molecule has 0 amide bonds. The summed E-state index contributed by atoms with van der Waals surface area (Å²) >= 11 is 0. The molecule has 0 fully saturated rings. The zero-order valence-electron chi connectivity index (χ0n) is 46.7.